The van der Waals surface area contributed by atoms with Gasteiger partial charge in [-0.1, -0.05) is 16.8 Å². The molecule has 1 saturated carbocycles. The third-order valence-electron chi connectivity index (χ3n) is 4.35. The molecule has 6 nitrogen and oxygen atoms in total. The predicted octanol–water partition coefficient (Wildman–Crippen LogP) is 3.87. The fourth-order valence-corrected chi connectivity index (χ4v) is 2.97. The van der Waals surface area contributed by atoms with Gasteiger partial charge in [-0.15, -0.1) is 0 Å². The minimum atomic E-state index is -0.176. The van der Waals surface area contributed by atoms with Gasteiger partial charge in [0.1, 0.15) is 12.4 Å². The lowest BCUT2D eigenvalue weighted by Crippen LogP contribution is -2.28. The Labute approximate surface area is 155 Å². The number of aromatic nitrogens is 2. The number of hydrogen-bond donors (Lipinski definition) is 1. The van der Waals surface area contributed by atoms with E-state index in [2.05, 4.69) is 15.5 Å². The number of halogens is 1. The first kappa shape index (κ1) is 16.8. The fourth-order valence-electron chi connectivity index (χ4n) is 2.84. The number of carbonyl (C=O) groups excluding carboxylic acids is 1. The summed E-state index contributed by atoms with van der Waals surface area (Å²) in [4.78, 5) is 17.2. The maximum absolute atomic E-state index is 12.7. The number of benzene rings is 1. The summed E-state index contributed by atoms with van der Waals surface area (Å²) < 4.78 is 10.9. The molecule has 0 unspecified atom stereocenters. The van der Waals surface area contributed by atoms with E-state index < -0.39 is 0 Å². The van der Waals surface area contributed by atoms with Crippen molar-refractivity contribution in [2.45, 2.75) is 25.7 Å². The third kappa shape index (κ3) is 3.51. The number of fused-ring (bicyclic) bond motifs is 1. The van der Waals surface area contributed by atoms with Crippen LogP contribution in [0.2, 0.25) is 5.02 Å². The largest absolute Gasteiger partial charge is 0.492 e. The highest BCUT2D eigenvalue weighted by Gasteiger charge is 2.28. The molecule has 1 aliphatic carbocycles. The monoisotopic (exact) mass is 371 g/mol. The molecule has 1 aliphatic rings. The molecule has 7 heteroatoms. The van der Waals surface area contributed by atoms with E-state index in [0.717, 1.165) is 18.5 Å². The molecule has 134 valence electrons. The van der Waals surface area contributed by atoms with Crippen molar-refractivity contribution in [2.24, 2.45) is 0 Å². The van der Waals surface area contributed by atoms with Crippen LogP contribution in [-0.2, 0) is 0 Å². The molecule has 2 aromatic heterocycles. The maximum Gasteiger partial charge on any atom is 0.259 e. The van der Waals surface area contributed by atoms with Crippen LogP contribution < -0.4 is 10.1 Å². The maximum atomic E-state index is 12.7. The number of nitrogens with zero attached hydrogens (tertiary/aromatic N) is 2. The number of rotatable bonds is 6. The molecule has 0 saturated heterocycles. The number of hydrogen-bond acceptors (Lipinski definition) is 5. The summed E-state index contributed by atoms with van der Waals surface area (Å²) in [6.07, 6.45) is 2.20. The molecule has 2 heterocycles. The summed E-state index contributed by atoms with van der Waals surface area (Å²) in [5, 5.41) is 8.17. The van der Waals surface area contributed by atoms with Crippen LogP contribution >= 0.6 is 11.6 Å². The topological polar surface area (TPSA) is 77.2 Å². The first-order chi connectivity index (χ1) is 12.6. The van der Waals surface area contributed by atoms with Crippen molar-refractivity contribution in [3.8, 4) is 5.75 Å². The molecule has 26 heavy (non-hydrogen) atoms. The van der Waals surface area contributed by atoms with Crippen LogP contribution in [0.5, 0.6) is 5.75 Å². The van der Waals surface area contributed by atoms with Crippen molar-refractivity contribution >= 4 is 28.6 Å². The normalized spacial score (nSPS) is 13.8. The molecule has 1 aromatic carbocycles. The molecule has 0 bridgehead atoms. The van der Waals surface area contributed by atoms with Gasteiger partial charge in [-0.3, -0.25) is 4.79 Å². The minimum absolute atomic E-state index is 0.176. The second-order valence-corrected chi connectivity index (χ2v) is 6.81. The Hall–Kier alpha value is -2.60. The highest BCUT2D eigenvalue weighted by Crippen LogP contribution is 2.40. The van der Waals surface area contributed by atoms with Crippen molar-refractivity contribution in [1.29, 1.82) is 0 Å². The number of ether oxygens (including phenoxy) is 1. The van der Waals surface area contributed by atoms with Gasteiger partial charge < -0.3 is 14.6 Å². The van der Waals surface area contributed by atoms with E-state index in [1.54, 1.807) is 24.3 Å². The van der Waals surface area contributed by atoms with E-state index in [1.165, 1.54) is 0 Å². The van der Waals surface area contributed by atoms with E-state index in [1.807, 2.05) is 13.0 Å². The lowest BCUT2D eigenvalue weighted by Gasteiger charge is -2.09. The van der Waals surface area contributed by atoms with Crippen LogP contribution in [0.1, 0.15) is 40.5 Å². The SMILES string of the molecule is Cc1noc2nc(C3CC3)cc(C(=O)NCCOc3ccc(Cl)cc3)c12. The summed E-state index contributed by atoms with van der Waals surface area (Å²) in [6, 6.07) is 8.96. The molecule has 0 aliphatic heterocycles. The number of pyridine rings is 1. The van der Waals surface area contributed by atoms with Gasteiger partial charge in [0, 0.05) is 16.6 Å². The standard InChI is InChI=1S/C19H18ClN3O3/c1-11-17-15(10-16(12-2-3-12)22-19(17)26-23-11)18(24)21-8-9-25-14-6-4-13(20)5-7-14/h4-7,10,12H,2-3,8-9H2,1H3,(H,21,24). The lowest BCUT2D eigenvalue weighted by molar-refractivity contribution is 0.0948. The quantitative estimate of drug-likeness (QED) is 0.665. The number of amides is 1. The summed E-state index contributed by atoms with van der Waals surface area (Å²) in [5.41, 5.74) is 2.55. The van der Waals surface area contributed by atoms with Crippen molar-refractivity contribution < 1.29 is 14.1 Å². The molecule has 0 radical (unpaired) electrons. The Morgan fingerprint density at radius 3 is 2.85 bits per heavy atom. The van der Waals surface area contributed by atoms with Gasteiger partial charge in [0.15, 0.2) is 0 Å². The molecule has 0 atom stereocenters. The number of carbonyl (C=O) groups is 1. The van der Waals surface area contributed by atoms with Gasteiger partial charge in [-0.2, -0.15) is 0 Å². The Morgan fingerprint density at radius 2 is 2.12 bits per heavy atom. The summed E-state index contributed by atoms with van der Waals surface area (Å²) in [7, 11) is 0. The second kappa shape index (κ2) is 6.96. The highest BCUT2D eigenvalue weighted by molar-refractivity contribution is 6.30. The zero-order valence-corrected chi connectivity index (χ0v) is 15.0. The summed E-state index contributed by atoms with van der Waals surface area (Å²) >= 11 is 5.84. The van der Waals surface area contributed by atoms with Crippen molar-refractivity contribution in [3.05, 3.63) is 52.3 Å². The van der Waals surface area contributed by atoms with E-state index in [9.17, 15) is 4.79 Å². The van der Waals surface area contributed by atoms with Crippen molar-refractivity contribution in [1.82, 2.24) is 15.5 Å². The van der Waals surface area contributed by atoms with Gasteiger partial charge in [0.05, 0.1) is 23.2 Å². The zero-order chi connectivity index (χ0) is 18.1. The van der Waals surface area contributed by atoms with Crippen LogP contribution in [0.3, 0.4) is 0 Å². The van der Waals surface area contributed by atoms with E-state index in [0.29, 0.717) is 52.2 Å². The van der Waals surface area contributed by atoms with Crippen LogP contribution in [-0.4, -0.2) is 29.2 Å². The second-order valence-electron chi connectivity index (χ2n) is 6.38. The van der Waals surface area contributed by atoms with Crippen LogP contribution in [0.25, 0.3) is 11.1 Å². The molecular formula is C19H18ClN3O3. The van der Waals surface area contributed by atoms with Gasteiger partial charge >= 0.3 is 0 Å². The van der Waals surface area contributed by atoms with Crippen LogP contribution in [0, 0.1) is 6.92 Å². The smallest absolute Gasteiger partial charge is 0.259 e. The van der Waals surface area contributed by atoms with Gasteiger partial charge in [-0.05, 0) is 50.1 Å². The van der Waals surface area contributed by atoms with Crippen LogP contribution in [0.15, 0.2) is 34.9 Å². The molecule has 0 spiro atoms. The Bertz CT molecular complexity index is 949. The van der Waals surface area contributed by atoms with E-state index in [4.69, 9.17) is 20.9 Å². The first-order valence-electron chi connectivity index (χ1n) is 8.55. The molecule has 1 fully saturated rings. The lowest BCUT2D eigenvalue weighted by atomic mass is 10.1. The fraction of sp³-hybridized carbons (Fsp3) is 0.316. The van der Waals surface area contributed by atoms with E-state index in [-0.39, 0.29) is 5.91 Å². The molecule has 1 amide bonds. The van der Waals surface area contributed by atoms with Gasteiger partial charge in [0.25, 0.3) is 11.6 Å². The molecule has 3 aromatic rings. The highest BCUT2D eigenvalue weighted by atomic mass is 35.5. The molecule has 1 N–H and O–H groups in total. The average molecular weight is 372 g/mol. The Kier molecular flexibility index (Phi) is 4.51. The number of aryl methyl sites for hydroxylation is 1. The average Bonchev–Trinajstić information content (AvgIpc) is 3.43. The number of nitrogens with one attached hydrogen (secondary N) is 1. The van der Waals surface area contributed by atoms with Crippen molar-refractivity contribution in [2.75, 3.05) is 13.2 Å². The Balaban J connectivity index is 1.44. The zero-order valence-electron chi connectivity index (χ0n) is 14.3. The molecular weight excluding hydrogens is 354 g/mol. The summed E-state index contributed by atoms with van der Waals surface area (Å²) in [6.45, 7) is 2.55. The minimum Gasteiger partial charge on any atom is -0.492 e. The van der Waals surface area contributed by atoms with Crippen LogP contribution in [0.4, 0.5) is 0 Å². The predicted molar refractivity (Wildman–Crippen MR) is 97.8 cm³/mol. The summed E-state index contributed by atoms with van der Waals surface area (Å²) in [5.74, 6) is 0.954. The van der Waals surface area contributed by atoms with Crippen molar-refractivity contribution in [3.63, 3.8) is 0 Å². The van der Waals surface area contributed by atoms with E-state index >= 15 is 0 Å². The van der Waals surface area contributed by atoms with Gasteiger partial charge in [-0.25, -0.2) is 4.98 Å². The third-order valence-corrected chi connectivity index (χ3v) is 4.60. The Morgan fingerprint density at radius 1 is 1.35 bits per heavy atom. The first-order valence-corrected chi connectivity index (χ1v) is 8.93. The molecule has 4 rings (SSSR count). The van der Waals surface area contributed by atoms with Gasteiger partial charge in [0.2, 0.25) is 0 Å².